The summed E-state index contributed by atoms with van der Waals surface area (Å²) < 4.78 is 17.0. The molecule has 1 atom stereocenters. The SMILES string of the molecule is CCCCCCCC/C=C\CCCCCCCCCCCC(=O)OC[C@@H](COC(=O)CCCCCCCCCCCCCCCCC)OC(=O)CCCCCCCCCCCCCCCCCCCCC. The van der Waals surface area contributed by atoms with Crippen molar-refractivity contribution in [2.24, 2.45) is 0 Å². The Balaban J connectivity index is 4.29. The van der Waals surface area contributed by atoms with Crippen LogP contribution in [0.1, 0.15) is 367 Å². The van der Waals surface area contributed by atoms with Gasteiger partial charge in [0.05, 0.1) is 0 Å². The molecule has 0 aliphatic rings. The Hall–Kier alpha value is -1.85. The molecule has 0 spiro atoms. The van der Waals surface area contributed by atoms with E-state index in [1.807, 2.05) is 0 Å². The van der Waals surface area contributed by atoms with E-state index >= 15 is 0 Å². The van der Waals surface area contributed by atoms with Gasteiger partial charge in [-0.25, -0.2) is 0 Å². The van der Waals surface area contributed by atoms with E-state index in [0.29, 0.717) is 19.3 Å². The highest BCUT2D eigenvalue weighted by Crippen LogP contribution is 2.18. The van der Waals surface area contributed by atoms with Crippen LogP contribution in [0.2, 0.25) is 0 Å². The number of allylic oxidation sites excluding steroid dienone is 2. The van der Waals surface area contributed by atoms with Crippen molar-refractivity contribution in [2.45, 2.75) is 374 Å². The minimum atomic E-state index is -0.766. The van der Waals surface area contributed by atoms with Crippen LogP contribution in [0.3, 0.4) is 0 Å². The van der Waals surface area contributed by atoms with E-state index in [4.69, 9.17) is 14.2 Å². The second-order valence-electron chi connectivity index (χ2n) is 22.0. The van der Waals surface area contributed by atoms with Gasteiger partial charge in [0.15, 0.2) is 6.10 Å². The van der Waals surface area contributed by atoms with Crippen molar-refractivity contribution in [3.8, 4) is 0 Å². The highest BCUT2D eigenvalue weighted by atomic mass is 16.6. The molecule has 0 saturated heterocycles. The summed E-state index contributed by atoms with van der Waals surface area (Å²) in [7, 11) is 0. The largest absolute Gasteiger partial charge is 0.462 e. The molecule has 6 heteroatoms. The average molecular weight is 1000 g/mol. The van der Waals surface area contributed by atoms with Crippen LogP contribution in [0.5, 0.6) is 0 Å². The van der Waals surface area contributed by atoms with Crippen LogP contribution >= 0.6 is 0 Å². The molecule has 6 nitrogen and oxygen atoms in total. The molecule has 0 aliphatic carbocycles. The highest BCUT2D eigenvalue weighted by Gasteiger charge is 2.19. The van der Waals surface area contributed by atoms with Gasteiger partial charge < -0.3 is 14.2 Å². The van der Waals surface area contributed by atoms with Gasteiger partial charge in [0.25, 0.3) is 0 Å². The second kappa shape index (κ2) is 60.7. The van der Waals surface area contributed by atoms with Crippen molar-refractivity contribution in [1.82, 2.24) is 0 Å². The van der Waals surface area contributed by atoms with Crippen LogP contribution in [-0.4, -0.2) is 37.2 Å². The summed E-state index contributed by atoms with van der Waals surface area (Å²) >= 11 is 0. The molecule has 0 bridgehead atoms. The first kappa shape index (κ1) is 69.2. The van der Waals surface area contributed by atoms with Gasteiger partial charge in [0.2, 0.25) is 0 Å². The van der Waals surface area contributed by atoms with Crippen molar-refractivity contribution in [1.29, 1.82) is 0 Å². The van der Waals surface area contributed by atoms with Gasteiger partial charge in [0, 0.05) is 19.3 Å². The molecule has 0 aromatic rings. The van der Waals surface area contributed by atoms with E-state index in [-0.39, 0.29) is 31.1 Å². The molecule has 0 amide bonds. The summed E-state index contributed by atoms with van der Waals surface area (Å²) in [6, 6.07) is 0. The number of hydrogen-bond acceptors (Lipinski definition) is 6. The fourth-order valence-electron chi connectivity index (χ4n) is 9.91. The standard InChI is InChI=1S/C65H124O6/c1-4-7-10-13-16-19-22-25-28-30-32-34-37-40-43-46-49-52-55-58-64(67)70-61-62(60-69-63(66)57-54-51-48-45-42-39-36-27-24-21-18-15-12-9-6-3)71-65(68)59-56-53-50-47-44-41-38-35-33-31-29-26-23-20-17-14-11-8-5-2/h25,28,62H,4-24,26-27,29-61H2,1-3H3/b28-25-/t62-/m1/s1. The Morgan fingerprint density at radius 3 is 0.704 bits per heavy atom. The summed E-state index contributed by atoms with van der Waals surface area (Å²) in [5.74, 6) is -0.834. The van der Waals surface area contributed by atoms with E-state index in [2.05, 4.69) is 32.9 Å². The van der Waals surface area contributed by atoms with Gasteiger partial charge in [-0.15, -0.1) is 0 Å². The molecule has 0 radical (unpaired) electrons. The van der Waals surface area contributed by atoms with E-state index in [1.165, 1.54) is 270 Å². The van der Waals surface area contributed by atoms with Crippen LogP contribution < -0.4 is 0 Å². The zero-order valence-corrected chi connectivity index (χ0v) is 48.3. The highest BCUT2D eigenvalue weighted by molar-refractivity contribution is 5.71. The van der Waals surface area contributed by atoms with Gasteiger partial charge in [-0.2, -0.15) is 0 Å². The molecule has 0 heterocycles. The summed E-state index contributed by atoms with van der Waals surface area (Å²) in [5.41, 5.74) is 0. The van der Waals surface area contributed by atoms with Crippen LogP contribution in [0.25, 0.3) is 0 Å². The predicted octanol–water partition coefficient (Wildman–Crippen LogP) is 21.7. The zero-order valence-electron chi connectivity index (χ0n) is 48.3. The Morgan fingerprint density at radius 1 is 0.268 bits per heavy atom. The molecule has 0 aromatic heterocycles. The average Bonchev–Trinajstić information content (AvgIpc) is 3.37. The van der Waals surface area contributed by atoms with Crippen molar-refractivity contribution in [3.05, 3.63) is 12.2 Å². The maximum Gasteiger partial charge on any atom is 0.306 e. The van der Waals surface area contributed by atoms with Gasteiger partial charge >= 0.3 is 17.9 Å². The molecular formula is C65H124O6. The minimum Gasteiger partial charge on any atom is -0.462 e. The van der Waals surface area contributed by atoms with Crippen LogP contribution in [-0.2, 0) is 28.6 Å². The number of ether oxygens (including phenoxy) is 3. The van der Waals surface area contributed by atoms with Crippen molar-refractivity contribution in [3.63, 3.8) is 0 Å². The maximum absolute atomic E-state index is 12.9. The first-order chi connectivity index (χ1) is 35.0. The smallest absolute Gasteiger partial charge is 0.306 e. The van der Waals surface area contributed by atoms with Gasteiger partial charge in [-0.3, -0.25) is 14.4 Å². The molecule has 0 N–H and O–H groups in total. The first-order valence-electron chi connectivity index (χ1n) is 32.2. The monoisotopic (exact) mass is 1000 g/mol. The lowest BCUT2D eigenvalue weighted by molar-refractivity contribution is -0.167. The maximum atomic E-state index is 12.9. The third kappa shape index (κ3) is 58.9. The molecule has 0 unspecified atom stereocenters. The molecule has 0 aliphatic heterocycles. The van der Waals surface area contributed by atoms with Crippen molar-refractivity contribution >= 4 is 17.9 Å². The molecular weight excluding hydrogens is 877 g/mol. The Morgan fingerprint density at radius 2 is 0.465 bits per heavy atom. The van der Waals surface area contributed by atoms with Crippen molar-refractivity contribution in [2.75, 3.05) is 13.2 Å². The Kier molecular flexibility index (Phi) is 59.1. The second-order valence-corrected chi connectivity index (χ2v) is 22.0. The van der Waals surface area contributed by atoms with Crippen molar-refractivity contribution < 1.29 is 28.6 Å². The molecule has 0 saturated carbocycles. The normalized spacial score (nSPS) is 12.0. The number of carbonyl (C=O) groups excluding carboxylic acids is 3. The third-order valence-electron chi connectivity index (χ3n) is 14.8. The summed E-state index contributed by atoms with van der Waals surface area (Å²) in [5, 5.41) is 0. The lowest BCUT2D eigenvalue weighted by atomic mass is 10.0. The first-order valence-corrected chi connectivity index (χ1v) is 32.2. The zero-order chi connectivity index (χ0) is 51.4. The summed E-state index contributed by atoms with van der Waals surface area (Å²) in [6.07, 6.45) is 70.7. The number of esters is 3. The number of hydrogen-bond donors (Lipinski definition) is 0. The quantitative estimate of drug-likeness (QED) is 0.0261. The molecule has 420 valence electrons. The van der Waals surface area contributed by atoms with Gasteiger partial charge in [-0.1, -0.05) is 315 Å². The van der Waals surface area contributed by atoms with E-state index in [1.54, 1.807) is 0 Å². The number of rotatable bonds is 60. The fourth-order valence-corrected chi connectivity index (χ4v) is 9.91. The minimum absolute atomic E-state index is 0.0637. The molecule has 0 aromatic carbocycles. The van der Waals surface area contributed by atoms with Gasteiger partial charge in [0.1, 0.15) is 13.2 Å². The Labute approximate surface area is 443 Å². The van der Waals surface area contributed by atoms with E-state index < -0.39 is 6.10 Å². The van der Waals surface area contributed by atoms with E-state index in [9.17, 15) is 14.4 Å². The molecule has 71 heavy (non-hydrogen) atoms. The molecule has 0 fully saturated rings. The lowest BCUT2D eigenvalue weighted by Gasteiger charge is -2.18. The lowest BCUT2D eigenvalue weighted by Crippen LogP contribution is -2.30. The Bertz CT molecular complexity index is 1100. The van der Waals surface area contributed by atoms with Crippen LogP contribution in [0.15, 0.2) is 12.2 Å². The number of unbranched alkanes of at least 4 members (excludes halogenated alkanes) is 47. The van der Waals surface area contributed by atoms with Crippen LogP contribution in [0, 0.1) is 0 Å². The van der Waals surface area contributed by atoms with E-state index in [0.717, 1.165) is 57.8 Å². The third-order valence-corrected chi connectivity index (χ3v) is 14.8. The summed E-state index contributed by atoms with van der Waals surface area (Å²) in [4.78, 5) is 38.3. The van der Waals surface area contributed by atoms with Gasteiger partial charge in [-0.05, 0) is 44.9 Å². The predicted molar refractivity (Wildman–Crippen MR) is 307 cm³/mol. The number of carbonyl (C=O) groups is 3. The fraction of sp³-hybridized carbons (Fsp3) is 0.923. The summed E-state index contributed by atoms with van der Waals surface area (Å²) in [6.45, 7) is 6.71. The molecule has 0 rings (SSSR count). The van der Waals surface area contributed by atoms with Crippen LogP contribution in [0.4, 0.5) is 0 Å². The topological polar surface area (TPSA) is 78.9 Å².